The second-order valence-electron chi connectivity index (χ2n) is 5.12. The Morgan fingerprint density at radius 3 is 2.61 bits per heavy atom. The Bertz CT molecular complexity index is 479. The van der Waals surface area contributed by atoms with Crippen molar-refractivity contribution in [2.24, 2.45) is 5.92 Å². The van der Waals surface area contributed by atoms with Crippen molar-refractivity contribution in [1.29, 1.82) is 5.26 Å². The lowest BCUT2D eigenvalue weighted by Gasteiger charge is -2.29. The third kappa shape index (κ3) is 2.45. The van der Waals surface area contributed by atoms with E-state index >= 15 is 0 Å². The van der Waals surface area contributed by atoms with Gasteiger partial charge in [0.05, 0.1) is 5.69 Å². The molecule has 4 heteroatoms. The summed E-state index contributed by atoms with van der Waals surface area (Å²) in [6.45, 7) is 5.94. The fourth-order valence-corrected chi connectivity index (χ4v) is 2.40. The van der Waals surface area contributed by atoms with Gasteiger partial charge in [0.25, 0.3) is 5.88 Å². The Morgan fingerprint density at radius 2 is 1.94 bits per heavy atom. The number of ether oxygens (including phenoxy) is 1. The Balaban J connectivity index is 2.24. The van der Waals surface area contributed by atoms with Crippen LogP contribution in [0.25, 0.3) is 0 Å². The van der Waals surface area contributed by atoms with Gasteiger partial charge in [-0.2, -0.15) is 10.4 Å². The molecule has 1 aromatic heterocycles. The van der Waals surface area contributed by atoms with Gasteiger partial charge >= 0.3 is 0 Å². The maximum atomic E-state index is 9.22. The average molecular weight is 245 g/mol. The van der Waals surface area contributed by atoms with E-state index in [1.54, 1.807) is 0 Å². The Labute approximate surface area is 108 Å². The highest BCUT2D eigenvalue weighted by atomic mass is 16.5. The molecule has 0 bridgehead atoms. The van der Waals surface area contributed by atoms with Crippen LogP contribution in [0.2, 0.25) is 0 Å². The molecule has 18 heavy (non-hydrogen) atoms. The Kier molecular flexibility index (Phi) is 3.81. The van der Waals surface area contributed by atoms with Gasteiger partial charge in [0.1, 0.15) is 17.7 Å². The van der Waals surface area contributed by atoms with Gasteiger partial charge in [0, 0.05) is 0 Å². The van der Waals surface area contributed by atoms with Gasteiger partial charge in [0.15, 0.2) is 0 Å². The quantitative estimate of drug-likeness (QED) is 0.803. The van der Waals surface area contributed by atoms with Crippen molar-refractivity contribution in [3.05, 3.63) is 16.8 Å². The molecular weight excluding hydrogens is 226 g/mol. The number of aryl methyl sites for hydroxylation is 1. The van der Waals surface area contributed by atoms with E-state index in [4.69, 9.17) is 4.74 Å². The Hall–Kier alpha value is -1.63. The molecule has 1 aliphatic rings. The van der Waals surface area contributed by atoms with Crippen molar-refractivity contribution in [3.63, 3.8) is 0 Å². The number of rotatable bonds is 2. The first-order valence-corrected chi connectivity index (χ1v) is 6.54. The maximum Gasteiger partial charge on any atom is 0.252 e. The first kappa shape index (κ1) is 12.8. The topological polar surface area (TPSA) is 58.8 Å². The third-order valence-corrected chi connectivity index (χ3v) is 3.83. The van der Waals surface area contributed by atoms with Crippen molar-refractivity contribution < 1.29 is 4.74 Å². The van der Waals surface area contributed by atoms with E-state index in [2.05, 4.69) is 23.2 Å². The molecule has 0 amide bonds. The molecule has 2 atom stereocenters. The summed E-state index contributed by atoms with van der Waals surface area (Å²) >= 11 is 0. The van der Waals surface area contributed by atoms with Crippen LogP contribution >= 0.6 is 0 Å². The van der Waals surface area contributed by atoms with Crippen LogP contribution in [-0.2, 0) is 0 Å². The molecule has 0 radical (unpaired) electrons. The predicted octanol–water partition coefficient (Wildman–Crippen LogP) is 2.92. The number of hydrogen-bond donors (Lipinski definition) is 0. The third-order valence-electron chi connectivity index (χ3n) is 3.83. The zero-order valence-corrected chi connectivity index (χ0v) is 11.2. The minimum Gasteiger partial charge on any atom is -0.472 e. The first-order chi connectivity index (χ1) is 8.63. The van der Waals surface area contributed by atoms with E-state index in [1.807, 2.05) is 13.8 Å². The molecule has 0 spiro atoms. The minimum absolute atomic E-state index is 0.169. The number of nitriles is 1. The summed E-state index contributed by atoms with van der Waals surface area (Å²) < 4.78 is 5.93. The van der Waals surface area contributed by atoms with E-state index in [9.17, 15) is 5.26 Å². The van der Waals surface area contributed by atoms with Crippen LogP contribution in [0.4, 0.5) is 0 Å². The summed E-state index contributed by atoms with van der Waals surface area (Å²) in [4.78, 5) is 0. The smallest absolute Gasteiger partial charge is 0.252 e. The second-order valence-corrected chi connectivity index (χ2v) is 5.12. The predicted molar refractivity (Wildman–Crippen MR) is 68.3 cm³/mol. The molecule has 1 aromatic rings. The lowest BCUT2D eigenvalue weighted by Crippen LogP contribution is -2.29. The summed E-state index contributed by atoms with van der Waals surface area (Å²) in [5, 5.41) is 17.3. The van der Waals surface area contributed by atoms with Crippen molar-refractivity contribution >= 4 is 0 Å². The summed E-state index contributed by atoms with van der Waals surface area (Å²) in [5.74, 6) is 0.924. The fraction of sp³-hybridized carbons (Fsp3) is 0.643. The second kappa shape index (κ2) is 5.34. The highest BCUT2D eigenvalue weighted by Gasteiger charge is 2.25. The molecule has 0 aliphatic heterocycles. The van der Waals surface area contributed by atoms with E-state index in [0.29, 0.717) is 17.4 Å². The van der Waals surface area contributed by atoms with Gasteiger partial charge in [-0.05, 0) is 44.6 Å². The van der Waals surface area contributed by atoms with Crippen LogP contribution < -0.4 is 4.74 Å². The standard InChI is InChI=1S/C14H19N3O/c1-9-6-4-5-7-13(9)18-14-12(8-15)10(2)11(3)16-17-14/h9,13H,4-7H2,1-3H3. The van der Waals surface area contributed by atoms with Crippen molar-refractivity contribution in [3.8, 4) is 11.9 Å². The van der Waals surface area contributed by atoms with Crippen LogP contribution in [0.15, 0.2) is 0 Å². The van der Waals surface area contributed by atoms with Crippen molar-refractivity contribution in [2.45, 2.75) is 52.6 Å². The SMILES string of the molecule is Cc1nnc(OC2CCCCC2C)c(C#N)c1C. The fourth-order valence-electron chi connectivity index (χ4n) is 2.40. The van der Waals surface area contributed by atoms with Gasteiger partial charge in [-0.3, -0.25) is 0 Å². The first-order valence-electron chi connectivity index (χ1n) is 6.54. The molecule has 0 N–H and O–H groups in total. The molecule has 96 valence electrons. The minimum atomic E-state index is 0.169. The zero-order valence-electron chi connectivity index (χ0n) is 11.2. The van der Waals surface area contributed by atoms with Crippen LogP contribution in [0, 0.1) is 31.1 Å². The molecule has 1 heterocycles. The largest absolute Gasteiger partial charge is 0.472 e. The van der Waals surface area contributed by atoms with Crippen LogP contribution in [0.5, 0.6) is 5.88 Å². The summed E-state index contributed by atoms with van der Waals surface area (Å²) in [6.07, 6.45) is 4.85. The number of aromatic nitrogens is 2. The molecule has 2 rings (SSSR count). The normalized spacial score (nSPS) is 23.4. The van der Waals surface area contributed by atoms with Gasteiger partial charge in [-0.25, -0.2) is 0 Å². The van der Waals surface area contributed by atoms with Gasteiger partial charge in [0.2, 0.25) is 0 Å². The van der Waals surface area contributed by atoms with Crippen LogP contribution in [-0.4, -0.2) is 16.3 Å². The highest BCUT2D eigenvalue weighted by molar-refractivity contribution is 5.44. The number of hydrogen-bond acceptors (Lipinski definition) is 4. The summed E-state index contributed by atoms with van der Waals surface area (Å²) in [7, 11) is 0. The molecule has 4 nitrogen and oxygen atoms in total. The molecule has 2 unspecified atom stereocenters. The zero-order chi connectivity index (χ0) is 13.1. The van der Waals surface area contributed by atoms with E-state index in [-0.39, 0.29) is 6.10 Å². The lowest BCUT2D eigenvalue weighted by atomic mass is 9.88. The van der Waals surface area contributed by atoms with Gasteiger partial charge < -0.3 is 4.74 Å². The van der Waals surface area contributed by atoms with E-state index < -0.39 is 0 Å². The monoisotopic (exact) mass is 245 g/mol. The molecule has 1 aliphatic carbocycles. The molecule has 0 aromatic carbocycles. The average Bonchev–Trinajstić information content (AvgIpc) is 2.37. The maximum absolute atomic E-state index is 9.22. The van der Waals surface area contributed by atoms with Crippen molar-refractivity contribution in [2.75, 3.05) is 0 Å². The Morgan fingerprint density at radius 1 is 1.22 bits per heavy atom. The summed E-state index contributed by atoms with van der Waals surface area (Å²) in [6, 6.07) is 2.18. The molecule has 0 saturated heterocycles. The number of nitrogens with zero attached hydrogens (tertiary/aromatic N) is 3. The van der Waals surface area contributed by atoms with Crippen LogP contribution in [0.3, 0.4) is 0 Å². The highest BCUT2D eigenvalue weighted by Crippen LogP contribution is 2.29. The molecular formula is C14H19N3O. The van der Waals surface area contributed by atoms with E-state index in [0.717, 1.165) is 17.7 Å². The van der Waals surface area contributed by atoms with Gasteiger partial charge in [-0.1, -0.05) is 13.3 Å². The molecule has 1 fully saturated rings. The summed E-state index contributed by atoms with van der Waals surface area (Å²) in [5.41, 5.74) is 2.18. The molecule has 1 saturated carbocycles. The van der Waals surface area contributed by atoms with Crippen LogP contribution in [0.1, 0.15) is 49.4 Å². The van der Waals surface area contributed by atoms with E-state index in [1.165, 1.54) is 19.3 Å². The van der Waals surface area contributed by atoms with Crippen molar-refractivity contribution in [1.82, 2.24) is 10.2 Å². The van der Waals surface area contributed by atoms with Gasteiger partial charge in [-0.15, -0.1) is 5.10 Å². The lowest BCUT2D eigenvalue weighted by molar-refractivity contribution is 0.0959.